The second-order valence-electron chi connectivity index (χ2n) is 7.30. The zero-order valence-electron chi connectivity index (χ0n) is 16.3. The molecule has 2 aromatic rings. The maximum absolute atomic E-state index is 12.6. The standard InChI is InChI=1S/C22H26ClN3O2/c1-25(20-13-7-9-16-8-3-4-10-17(16)20)15-22(28)26(2)14-21(27)24-19-12-6-5-11-18(19)23/h3-6,8,10-12,20H,7,9,13-15H2,1-2H3,(H,24,27)/t20-/m0/s1. The third kappa shape index (κ3) is 4.91. The minimum atomic E-state index is -0.269. The van der Waals surface area contributed by atoms with Crippen LogP contribution in [0.25, 0.3) is 0 Å². The van der Waals surface area contributed by atoms with Crippen molar-refractivity contribution in [3.63, 3.8) is 0 Å². The number of rotatable bonds is 6. The van der Waals surface area contributed by atoms with Crippen molar-refractivity contribution < 1.29 is 9.59 Å². The minimum absolute atomic E-state index is 0.0147. The van der Waals surface area contributed by atoms with Crippen molar-refractivity contribution in [1.82, 2.24) is 9.80 Å². The quantitative estimate of drug-likeness (QED) is 0.804. The van der Waals surface area contributed by atoms with E-state index in [1.54, 1.807) is 31.3 Å². The lowest BCUT2D eigenvalue weighted by atomic mass is 9.87. The van der Waals surface area contributed by atoms with Gasteiger partial charge >= 0.3 is 0 Å². The van der Waals surface area contributed by atoms with E-state index in [-0.39, 0.29) is 30.9 Å². The van der Waals surface area contributed by atoms with Gasteiger partial charge in [0, 0.05) is 13.1 Å². The molecule has 2 aromatic carbocycles. The fraction of sp³-hybridized carbons (Fsp3) is 0.364. The van der Waals surface area contributed by atoms with E-state index in [4.69, 9.17) is 11.6 Å². The summed E-state index contributed by atoms with van der Waals surface area (Å²) >= 11 is 6.06. The summed E-state index contributed by atoms with van der Waals surface area (Å²) in [6.45, 7) is 0.258. The van der Waals surface area contributed by atoms with Gasteiger partial charge in [0.1, 0.15) is 0 Å². The van der Waals surface area contributed by atoms with Gasteiger partial charge in [0.15, 0.2) is 0 Å². The number of hydrogen-bond donors (Lipinski definition) is 1. The van der Waals surface area contributed by atoms with Gasteiger partial charge in [-0.1, -0.05) is 48.0 Å². The predicted molar refractivity (Wildman–Crippen MR) is 112 cm³/mol. The second kappa shape index (κ2) is 9.22. The Hall–Kier alpha value is -2.37. The largest absolute Gasteiger partial charge is 0.335 e. The number of nitrogens with one attached hydrogen (secondary N) is 1. The van der Waals surface area contributed by atoms with Gasteiger partial charge in [-0.05, 0) is 49.6 Å². The van der Waals surface area contributed by atoms with Gasteiger partial charge in [-0.25, -0.2) is 0 Å². The zero-order valence-corrected chi connectivity index (χ0v) is 17.1. The topological polar surface area (TPSA) is 52.7 Å². The van der Waals surface area contributed by atoms with Crippen molar-refractivity contribution in [3.8, 4) is 0 Å². The highest BCUT2D eigenvalue weighted by atomic mass is 35.5. The number of carbonyl (C=O) groups is 2. The number of fused-ring (bicyclic) bond motifs is 1. The average molecular weight is 400 g/mol. The molecule has 0 aliphatic heterocycles. The highest BCUT2D eigenvalue weighted by molar-refractivity contribution is 6.33. The Balaban J connectivity index is 1.55. The highest BCUT2D eigenvalue weighted by Gasteiger charge is 2.25. The first-order valence-electron chi connectivity index (χ1n) is 9.52. The number of aryl methyl sites for hydroxylation is 1. The Morgan fingerprint density at radius 1 is 1.07 bits per heavy atom. The van der Waals surface area contributed by atoms with Crippen LogP contribution in [-0.4, -0.2) is 48.8 Å². The van der Waals surface area contributed by atoms with E-state index in [0.717, 1.165) is 19.3 Å². The molecule has 1 atom stereocenters. The Bertz CT molecular complexity index is 855. The number of likely N-dealkylation sites (N-methyl/N-ethyl adjacent to an activating group) is 2. The predicted octanol–water partition coefficient (Wildman–Crippen LogP) is 3.75. The zero-order chi connectivity index (χ0) is 20.1. The van der Waals surface area contributed by atoms with Crippen molar-refractivity contribution in [3.05, 3.63) is 64.7 Å². The first-order valence-corrected chi connectivity index (χ1v) is 9.90. The molecule has 148 valence electrons. The monoisotopic (exact) mass is 399 g/mol. The molecule has 0 unspecified atom stereocenters. The van der Waals surface area contributed by atoms with Crippen molar-refractivity contribution in [2.24, 2.45) is 0 Å². The molecule has 0 saturated carbocycles. The molecule has 0 radical (unpaired) electrons. The van der Waals surface area contributed by atoms with Crippen LogP contribution in [0.2, 0.25) is 5.02 Å². The normalized spacial score (nSPS) is 15.8. The molecule has 6 heteroatoms. The molecular weight excluding hydrogens is 374 g/mol. The number of amides is 2. The van der Waals surface area contributed by atoms with Gasteiger partial charge in [0.25, 0.3) is 0 Å². The van der Waals surface area contributed by atoms with Crippen molar-refractivity contribution in [2.45, 2.75) is 25.3 Å². The van der Waals surface area contributed by atoms with Crippen LogP contribution in [0.5, 0.6) is 0 Å². The van der Waals surface area contributed by atoms with Crippen LogP contribution < -0.4 is 5.32 Å². The maximum Gasteiger partial charge on any atom is 0.244 e. The highest BCUT2D eigenvalue weighted by Crippen LogP contribution is 2.33. The molecule has 5 nitrogen and oxygen atoms in total. The molecule has 0 aromatic heterocycles. The van der Waals surface area contributed by atoms with Gasteiger partial charge in [0.05, 0.1) is 23.8 Å². The molecule has 1 aliphatic carbocycles. The van der Waals surface area contributed by atoms with Crippen molar-refractivity contribution in [1.29, 1.82) is 0 Å². The van der Waals surface area contributed by atoms with Crippen LogP contribution in [0.4, 0.5) is 5.69 Å². The van der Waals surface area contributed by atoms with Crippen LogP contribution >= 0.6 is 11.6 Å². The number of carbonyl (C=O) groups excluding carboxylic acids is 2. The van der Waals surface area contributed by atoms with Crippen molar-refractivity contribution in [2.75, 3.05) is 32.5 Å². The van der Waals surface area contributed by atoms with Crippen molar-refractivity contribution >= 4 is 29.1 Å². The molecule has 2 amide bonds. The first-order chi connectivity index (χ1) is 13.5. The van der Waals surface area contributed by atoms with E-state index >= 15 is 0 Å². The molecule has 1 N–H and O–H groups in total. The summed E-state index contributed by atoms with van der Waals surface area (Å²) in [5.74, 6) is -0.352. The lowest BCUT2D eigenvalue weighted by molar-refractivity contribution is -0.134. The molecule has 1 aliphatic rings. The fourth-order valence-electron chi connectivity index (χ4n) is 3.69. The Kier molecular flexibility index (Phi) is 6.70. The number of nitrogens with zero attached hydrogens (tertiary/aromatic N) is 2. The van der Waals surface area contributed by atoms with Crippen LogP contribution in [0.3, 0.4) is 0 Å². The number of anilines is 1. The summed E-state index contributed by atoms with van der Waals surface area (Å²) in [6.07, 6.45) is 3.25. The minimum Gasteiger partial charge on any atom is -0.335 e. The van der Waals surface area contributed by atoms with Gasteiger partial charge in [-0.15, -0.1) is 0 Å². The average Bonchev–Trinajstić information content (AvgIpc) is 2.69. The molecule has 0 heterocycles. The van der Waals surface area contributed by atoms with E-state index in [2.05, 4.69) is 34.5 Å². The molecule has 0 bridgehead atoms. The SMILES string of the molecule is CN(CC(=O)Nc1ccccc1Cl)C(=O)CN(C)[C@H]1CCCc2ccccc21. The second-order valence-corrected chi connectivity index (χ2v) is 7.71. The van der Waals surface area contributed by atoms with E-state index in [1.807, 2.05) is 7.05 Å². The summed E-state index contributed by atoms with van der Waals surface area (Å²) in [5.41, 5.74) is 3.22. The van der Waals surface area contributed by atoms with Crippen LogP contribution in [0.15, 0.2) is 48.5 Å². The third-order valence-electron chi connectivity index (χ3n) is 5.21. The first kappa shape index (κ1) is 20.4. The summed E-state index contributed by atoms with van der Waals surface area (Å²) in [6, 6.07) is 15.7. The van der Waals surface area contributed by atoms with E-state index in [1.165, 1.54) is 16.0 Å². The fourth-order valence-corrected chi connectivity index (χ4v) is 3.87. The Labute approximate surface area is 171 Å². The molecule has 3 rings (SSSR count). The number of halogens is 1. The summed E-state index contributed by atoms with van der Waals surface area (Å²) in [4.78, 5) is 28.4. The molecule has 0 saturated heterocycles. The number of hydrogen-bond acceptors (Lipinski definition) is 3. The van der Waals surface area contributed by atoms with E-state index in [0.29, 0.717) is 10.7 Å². The Morgan fingerprint density at radius 3 is 2.57 bits per heavy atom. The summed E-state index contributed by atoms with van der Waals surface area (Å²) in [7, 11) is 3.62. The van der Waals surface area contributed by atoms with Crippen LogP contribution in [0.1, 0.15) is 30.0 Å². The van der Waals surface area contributed by atoms with Gasteiger partial charge in [-0.2, -0.15) is 0 Å². The molecular formula is C22H26ClN3O2. The van der Waals surface area contributed by atoms with Crippen LogP contribution in [-0.2, 0) is 16.0 Å². The molecule has 0 fully saturated rings. The smallest absolute Gasteiger partial charge is 0.244 e. The summed E-state index contributed by atoms with van der Waals surface area (Å²) in [5, 5.41) is 3.22. The number of para-hydroxylation sites is 1. The number of benzene rings is 2. The molecule has 0 spiro atoms. The maximum atomic E-state index is 12.6. The van der Waals surface area contributed by atoms with Crippen LogP contribution in [0, 0.1) is 0 Å². The lowest BCUT2D eigenvalue weighted by Gasteiger charge is -2.33. The van der Waals surface area contributed by atoms with E-state index < -0.39 is 0 Å². The molecule has 28 heavy (non-hydrogen) atoms. The Morgan fingerprint density at radius 2 is 1.79 bits per heavy atom. The summed E-state index contributed by atoms with van der Waals surface area (Å²) < 4.78 is 0. The third-order valence-corrected chi connectivity index (χ3v) is 5.54. The van der Waals surface area contributed by atoms with E-state index in [9.17, 15) is 9.59 Å². The lowest BCUT2D eigenvalue weighted by Crippen LogP contribution is -2.42. The van der Waals surface area contributed by atoms with Gasteiger partial charge in [-0.3, -0.25) is 14.5 Å². The van der Waals surface area contributed by atoms with Gasteiger partial charge < -0.3 is 10.2 Å². The van der Waals surface area contributed by atoms with Gasteiger partial charge in [0.2, 0.25) is 11.8 Å².